The molecule has 2 N–H and O–H groups in total. The minimum Gasteiger partial charge on any atom is -0.478 e. The molecule has 0 fully saturated rings. The second kappa shape index (κ2) is 10.0. The molecule has 190 valence electrons. The standard InChI is InChI=1S/C24H22F4N4O4/c1-24(15-8-13(26)9-16(27)21(15)28)7-6-14(23(34)35)18(10-24)30-19(33)4-5-20-31-22(32-36-20)17-3-2-12(25)11-29-17/h3,8-9,11-12H,2,4-7,10H2,1H3,(H,30,33)(H,34,35). The lowest BCUT2D eigenvalue weighted by Gasteiger charge is -2.36. The number of alkyl halides is 1. The van der Waals surface area contributed by atoms with Crippen molar-refractivity contribution in [2.45, 2.75) is 57.0 Å². The molecule has 2 aliphatic rings. The Labute approximate surface area is 202 Å². The van der Waals surface area contributed by atoms with Gasteiger partial charge in [0.15, 0.2) is 11.6 Å². The number of carboxylic acids is 1. The average molecular weight is 506 g/mol. The summed E-state index contributed by atoms with van der Waals surface area (Å²) in [5, 5.41) is 15.9. The maximum atomic E-state index is 14.5. The Morgan fingerprint density at radius 3 is 2.75 bits per heavy atom. The van der Waals surface area contributed by atoms with Crippen LogP contribution in [0.2, 0.25) is 0 Å². The number of hydrogen-bond acceptors (Lipinski definition) is 6. The van der Waals surface area contributed by atoms with Gasteiger partial charge < -0.3 is 14.9 Å². The zero-order valence-corrected chi connectivity index (χ0v) is 19.2. The molecule has 0 saturated heterocycles. The highest BCUT2D eigenvalue weighted by molar-refractivity contribution is 5.89. The van der Waals surface area contributed by atoms with Gasteiger partial charge in [-0.1, -0.05) is 18.2 Å². The third-order valence-electron chi connectivity index (χ3n) is 6.22. The third kappa shape index (κ3) is 5.37. The summed E-state index contributed by atoms with van der Waals surface area (Å²) in [5.74, 6) is -5.06. The predicted octanol–water partition coefficient (Wildman–Crippen LogP) is 4.17. The lowest BCUT2D eigenvalue weighted by Crippen LogP contribution is -2.36. The molecule has 0 bridgehead atoms. The summed E-state index contributed by atoms with van der Waals surface area (Å²) in [7, 11) is 0. The number of carboxylic acid groups (broad SMARTS) is 1. The monoisotopic (exact) mass is 506 g/mol. The van der Waals surface area contributed by atoms with Crippen LogP contribution < -0.4 is 5.32 Å². The van der Waals surface area contributed by atoms with Gasteiger partial charge in [-0.2, -0.15) is 4.98 Å². The van der Waals surface area contributed by atoms with E-state index in [1.165, 1.54) is 6.08 Å². The molecule has 2 unspecified atom stereocenters. The van der Waals surface area contributed by atoms with Gasteiger partial charge in [0.1, 0.15) is 17.7 Å². The third-order valence-corrected chi connectivity index (χ3v) is 6.22. The topological polar surface area (TPSA) is 118 Å². The van der Waals surface area contributed by atoms with Gasteiger partial charge in [-0.25, -0.2) is 22.4 Å². The van der Waals surface area contributed by atoms with E-state index < -0.39 is 40.9 Å². The molecular weight excluding hydrogens is 484 g/mol. The Hall–Kier alpha value is -3.83. The molecule has 2 aromatic rings. The van der Waals surface area contributed by atoms with E-state index in [2.05, 4.69) is 20.4 Å². The molecule has 1 amide bonds. The smallest absolute Gasteiger partial charge is 0.333 e. The minimum atomic E-state index is -1.34. The maximum absolute atomic E-state index is 14.5. The van der Waals surface area contributed by atoms with Crippen LogP contribution in [-0.2, 0) is 21.4 Å². The molecule has 1 aromatic heterocycles. The second-order valence-corrected chi connectivity index (χ2v) is 8.93. The molecule has 8 nitrogen and oxygen atoms in total. The Kier molecular flexibility index (Phi) is 7.04. The number of hydrogen-bond donors (Lipinski definition) is 2. The molecule has 12 heteroatoms. The Morgan fingerprint density at radius 2 is 2.06 bits per heavy atom. The average Bonchev–Trinajstić information content (AvgIpc) is 3.29. The van der Waals surface area contributed by atoms with Crippen LogP contribution in [0, 0.1) is 17.5 Å². The van der Waals surface area contributed by atoms with E-state index in [-0.39, 0.29) is 67.1 Å². The number of allylic oxidation sites excluding steroid dienone is 2. The molecule has 1 aromatic carbocycles. The van der Waals surface area contributed by atoms with Crippen LogP contribution in [0.5, 0.6) is 0 Å². The van der Waals surface area contributed by atoms with Crippen molar-refractivity contribution in [3.63, 3.8) is 0 Å². The number of nitrogens with zero attached hydrogens (tertiary/aromatic N) is 3. The lowest BCUT2D eigenvalue weighted by atomic mass is 9.70. The molecule has 0 saturated carbocycles. The van der Waals surface area contributed by atoms with Crippen molar-refractivity contribution in [1.29, 1.82) is 0 Å². The molecule has 1 aliphatic heterocycles. The predicted molar refractivity (Wildman–Crippen MR) is 119 cm³/mol. The number of amides is 1. The summed E-state index contributed by atoms with van der Waals surface area (Å²) in [6.07, 6.45) is 1.43. The quantitative estimate of drug-likeness (QED) is 0.430. The number of aryl methyl sites for hydroxylation is 1. The number of halogens is 4. The van der Waals surface area contributed by atoms with E-state index in [0.717, 1.165) is 12.3 Å². The van der Waals surface area contributed by atoms with Crippen molar-refractivity contribution in [3.8, 4) is 0 Å². The Morgan fingerprint density at radius 1 is 1.28 bits per heavy atom. The summed E-state index contributed by atoms with van der Waals surface area (Å²) in [6.45, 7) is 1.56. The van der Waals surface area contributed by atoms with Crippen LogP contribution >= 0.6 is 0 Å². The summed E-state index contributed by atoms with van der Waals surface area (Å²) < 4.78 is 60.4. The maximum Gasteiger partial charge on any atom is 0.333 e. The fraction of sp³-hybridized carbons (Fsp3) is 0.375. The molecule has 4 rings (SSSR count). The lowest BCUT2D eigenvalue weighted by molar-refractivity contribution is -0.133. The number of carbonyl (C=O) groups is 2. The van der Waals surface area contributed by atoms with Crippen molar-refractivity contribution < 1.29 is 36.8 Å². The molecule has 2 heterocycles. The van der Waals surface area contributed by atoms with Crippen LogP contribution in [-0.4, -0.2) is 39.5 Å². The Balaban J connectivity index is 1.45. The fourth-order valence-corrected chi connectivity index (χ4v) is 4.28. The first kappa shape index (κ1) is 25.3. The van der Waals surface area contributed by atoms with Crippen molar-refractivity contribution in [3.05, 3.63) is 64.2 Å². The van der Waals surface area contributed by atoms with Gasteiger partial charge in [-0.05, 0) is 25.3 Å². The van der Waals surface area contributed by atoms with Gasteiger partial charge in [0.2, 0.25) is 17.6 Å². The van der Waals surface area contributed by atoms with Crippen molar-refractivity contribution in [1.82, 2.24) is 15.5 Å². The highest BCUT2D eigenvalue weighted by Crippen LogP contribution is 2.42. The van der Waals surface area contributed by atoms with Crippen molar-refractivity contribution in [2.24, 2.45) is 4.99 Å². The zero-order chi connectivity index (χ0) is 26.0. The largest absolute Gasteiger partial charge is 0.478 e. The first-order valence-corrected chi connectivity index (χ1v) is 11.2. The van der Waals surface area contributed by atoms with Crippen LogP contribution in [0.4, 0.5) is 17.6 Å². The van der Waals surface area contributed by atoms with Gasteiger partial charge in [-0.3, -0.25) is 9.79 Å². The number of rotatable bonds is 7. The molecular formula is C24H22F4N4O4. The number of carbonyl (C=O) groups excluding carboxylic acids is 1. The summed E-state index contributed by atoms with van der Waals surface area (Å²) in [5.41, 5.74) is -1.05. The van der Waals surface area contributed by atoms with E-state index >= 15 is 0 Å². The van der Waals surface area contributed by atoms with Gasteiger partial charge in [-0.15, -0.1) is 0 Å². The molecule has 2 atom stereocenters. The van der Waals surface area contributed by atoms with Gasteiger partial charge in [0.05, 0.1) is 5.57 Å². The second-order valence-electron chi connectivity index (χ2n) is 8.93. The summed E-state index contributed by atoms with van der Waals surface area (Å²) >= 11 is 0. The van der Waals surface area contributed by atoms with Gasteiger partial charge in [0.25, 0.3) is 0 Å². The zero-order valence-electron chi connectivity index (χ0n) is 19.2. The summed E-state index contributed by atoms with van der Waals surface area (Å²) in [6, 6.07) is 1.32. The van der Waals surface area contributed by atoms with Crippen molar-refractivity contribution in [2.75, 3.05) is 0 Å². The SMILES string of the molecule is CC1(c2cc(F)cc(F)c2F)CCC(C(=O)O)=C(NC(=O)CCc2nc(C3=CCC(F)C=N3)no2)C1. The summed E-state index contributed by atoms with van der Waals surface area (Å²) in [4.78, 5) is 32.4. The van der Waals surface area contributed by atoms with Crippen LogP contribution in [0.1, 0.15) is 56.3 Å². The number of aromatic nitrogens is 2. The van der Waals surface area contributed by atoms with E-state index in [0.29, 0.717) is 11.8 Å². The highest BCUT2D eigenvalue weighted by Gasteiger charge is 2.38. The minimum absolute atomic E-state index is 0.0260. The van der Waals surface area contributed by atoms with Gasteiger partial charge >= 0.3 is 5.97 Å². The van der Waals surface area contributed by atoms with Crippen LogP contribution in [0.15, 0.2) is 39.0 Å². The van der Waals surface area contributed by atoms with E-state index in [4.69, 9.17) is 4.52 Å². The first-order chi connectivity index (χ1) is 17.1. The normalized spacial score (nSPS) is 21.9. The van der Waals surface area contributed by atoms with Crippen LogP contribution in [0.25, 0.3) is 5.70 Å². The molecule has 36 heavy (non-hydrogen) atoms. The number of aliphatic carboxylic acids is 1. The van der Waals surface area contributed by atoms with Gasteiger partial charge in [0, 0.05) is 48.2 Å². The number of aliphatic imine (C=N–C) groups is 1. The number of benzene rings is 1. The first-order valence-electron chi connectivity index (χ1n) is 11.2. The van der Waals surface area contributed by atoms with Crippen LogP contribution in [0.3, 0.4) is 0 Å². The van der Waals surface area contributed by atoms with Crippen molar-refractivity contribution >= 4 is 23.8 Å². The number of nitrogens with one attached hydrogen (secondary N) is 1. The Bertz CT molecular complexity index is 1300. The molecule has 0 spiro atoms. The van der Waals surface area contributed by atoms with E-state index in [1.807, 2.05) is 0 Å². The van der Waals surface area contributed by atoms with E-state index in [1.54, 1.807) is 6.92 Å². The van der Waals surface area contributed by atoms with E-state index in [9.17, 15) is 32.3 Å². The highest BCUT2D eigenvalue weighted by atomic mass is 19.2. The molecule has 1 aliphatic carbocycles. The molecule has 0 radical (unpaired) electrons. The fourth-order valence-electron chi connectivity index (χ4n) is 4.28.